The molecular weight excluding hydrogens is 585 g/mol. The number of carbonyl (C=O) groups is 2. The molecule has 0 radical (unpaired) electrons. The number of nitrogens with one attached hydrogen (secondary N) is 1. The Morgan fingerprint density at radius 2 is 1.81 bits per heavy atom. The molecule has 1 aromatic heterocycles. The number of aromatic nitrogens is 2. The van der Waals surface area contributed by atoms with Crippen molar-refractivity contribution >= 4 is 27.7 Å². The van der Waals surface area contributed by atoms with Gasteiger partial charge in [0.05, 0.1) is 17.3 Å². The second kappa shape index (κ2) is 12.7. The van der Waals surface area contributed by atoms with Crippen LogP contribution in [-0.4, -0.2) is 49.2 Å². The Balaban J connectivity index is 1.58. The van der Waals surface area contributed by atoms with E-state index in [4.69, 9.17) is 4.74 Å². The Bertz CT molecular complexity index is 1610. The van der Waals surface area contributed by atoms with E-state index in [1.54, 1.807) is 36.1 Å². The summed E-state index contributed by atoms with van der Waals surface area (Å²) in [6.07, 6.45) is -4.06. The smallest absolute Gasteiger partial charge is 0.434 e. The van der Waals surface area contributed by atoms with Crippen LogP contribution in [0.25, 0.3) is 0 Å². The molecule has 0 bridgehead atoms. The van der Waals surface area contributed by atoms with E-state index in [0.717, 1.165) is 22.9 Å². The number of nitrogens with zero attached hydrogens (tertiary/aromatic N) is 3. The Kier molecular flexibility index (Phi) is 9.43. The molecule has 4 rings (SSSR count). The minimum absolute atomic E-state index is 0.00890. The molecule has 1 aliphatic rings. The number of halogens is 3. The van der Waals surface area contributed by atoms with E-state index >= 15 is 0 Å². The van der Waals surface area contributed by atoms with Crippen molar-refractivity contribution in [2.24, 2.45) is 5.92 Å². The number of sulfone groups is 1. The van der Waals surface area contributed by atoms with E-state index in [1.165, 1.54) is 19.1 Å². The number of fused-ring (bicyclic) bond motifs is 1. The van der Waals surface area contributed by atoms with Gasteiger partial charge in [-0.3, -0.25) is 4.79 Å². The van der Waals surface area contributed by atoms with Gasteiger partial charge in [0.15, 0.2) is 15.5 Å². The molecule has 0 saturated carbocycles. The van der Waals surface area contributed by atoms with Gasteiger partial charge >= 0.3 is 12.1 Å². The lowest BCUT2D eigenvalue weighted by Crippen LogP contribution is -2.37. The van der Waals surface area contributed by atoms with Crippen LogP contribution in [0.3, 0.4) is 0 Å². The van der Waals surface area contributed by atoms with Gasteiger partial charge in [0.2, 0.25) is 5.95 Å². The monoisotopic (exact) mass is 618 g/mol. The minimum atomic E-state index is -4.90. The average molecular weight is 619 g/mol. The summed E-state index contributed by atoms with van der Waals surface area (Å²) in [4.78, 5) is 34.9. The first-order valence-corrected chi connectivity index (χ1v) is 15.5. The summed E-state index contributed by atoms with van der Waals surface area (Å²) in [5, 5.41) is 2.83. The third-order valence-electron chi connectivity index (χ3n) is 7.33. The van der Waals surface area contributed by atoms with Gasteiger partial charge in [0, 0.05) is 37.3 Å². The van der Waals surface area contributed by atoms with Gasteiger partial charge in [-0.2, -0.15) is 13.2 Å². The molecule has 0 unspecified atom stereocenters. The van der Waals surface area contributed by atoms with Gasteiger partial charge in [-0.05, 0) is 53.8 Å². The van der Waals surface area contributed by atoms with E-state index in [-0.39, 0.29) is 54.0 Å². The Morgan fingerprint density at radius 1 is 1.12 bits per heavy atom. The molecule has 2 aromatic carbocycles. The quantitative estimate of drug-likeness (QED) is 0.327. The number of rotatable bonds is 9. The SMILES string of the molecule is CCOC(=O)c1cnc(N2Cc3cc(C(=O)NCc4ccc(S(=O)(=O)CC)cc4)ccc3[C@@H](C(C)C)C2)nc1C(F)(F)F. The van der Waals surface area contributed by atoms with Crippen molar-refractivity contribution in [2.45, 2.75) is 57.8 Å². The van der Waals surface area contributed by atoms with E-state index in [0.29, 0.717) is 12.1 Å². The van der Waals surface area contributed by atoms with Crippen molar-refractivity contribution in [3.05, 3.63) is 82.2 Å². The topological polar surface area (TPSA) is 119 Å². The van der Waals surface area contributed by atoms with Crippen molar-refractivity contribution < 1.29 is 35.9 Å². The van der Waals surface area contributed by atoms with Gasteiger partial charge in [-0.1, -0.05) is 39.0 Å². The van der Waals surface area contributed by atoms with Crippen LogP contribution in [0.15, 0.2) is 53.6 Å². The van der Waals surface area contributed by atoms with Gasteiger partial charge in [0.1, 0.15) is 5.56 Å². The van der Waals surface area contributed by atoms with Crippen LogP contribution in [0.4, 0.5) is 19.1 Å². The summed E-state index contributed by atoms with van der Waals surface area (Å²) in [5.74, 6) is -1.67. The van der Waals surface area contributed by atoms with Crippen LogP contribution < -0.4 is 10.2 Å². The Hall–Kier alpha value is -4.00. The first-order chi connectivity index (χ1) is 20.2. The minimum Gasteiger partial charge on any atom is -0.462 e. The molecule has 3 aromatic rings. The van der Waals surface area contributed by atoms with Crippen LogP contribution >= 0.6 is 0 Å². The van der Waals surface area contributed by atoms with Crippen LogP contribution in [0.2, 0.25) is 0 Å². The highest BCUT2D eigenvalue weighted by Crippen LogP contribution is 2.37. The molecule has 1 amide bonds. The molecule has 1 atom stereocenters. The highest BCUT2D eigenvalue weighted by atomic mass is 32.2. The highest BCUT2D eigenvalue weighted by Gasteiger charge is 2.40. The summed E-state index contributed by atoms with van der Waals surface area (Å²) in [5.41, 5.74) is 0.694. The van der Waals surface area contributed by atoms with Crippen molar-refractivity contribution in [2.75, 3.05) is 23.8 Å². The number of ether oxygens (including phenoxy) is 1. The van der Waals surface area contributed by atoms with Crippen molar-refractivity contribution in [1.82, 2.24) is 15.3 Å². The van der Waals surface area contributed by atoms with E-state index < -0.39 is 33.2 Å². The van der Waals surface area contributed by atoms with Crippen molar-refractivity contribution in [3.8, 4) is 0 Å². The molecule has 43 heavy (non-hydrogen) atoms. The zero-order valence-corrected chi connectivity index (χ0v) is 25.1. The fraction of sp³-hybridized carbons (Fsp3) is 0.400. The maximum Gasteiger partial charge on any atom is 0.434 e. The van der Waals surface area contributed by atoms with Crippen LogP contribution in [0.1, 0.15) is 76.7 Å². The Morgan fingerprint density at radius 3 is 2.42 bits per heavy atom. The lowest BCUT2D eigenvalue weighted by atomic mass is 9.82. The molecule has 2 heterocycles. The van der Waals surface area contributed by atoms with E-state index in [9.17, 15) is 31.2 Å². The predicted molar refractivity (Wildman–Crippen MR) is 153 cm³/mol. The molecule has 0 saturated heterocycles. The zero-order valence-electron chi connectivity index (χ0n) is 24.2. The highest BCUT2D eigenvalue weighted by molar-refractivity contribution is 7.91. The molecule has 1 aliphatic heterocycles. The maximum atomic E-state index is 13.9. The second-order valence-electron chi connectivity index (χ2n) is 10.5. The first kappa shape index (κ1) is 31.9. The summed E-state index contributed by atoms with van der Waals surface area (Å²) in [6.45, 7) is 7.64. The number of benzene rings is 2. The molecule has 0 fully saturated rings. The van der Waals surface area contributed by atoms with Crippen molar-refractivity contribution in [3.63, 3.8) is 0 Å². The number of hydrogen-bond acceptors (Lipinski definition) is 8. The van der Waals surface area contributed by atoms with Crippen LogP contribution in [0, 0.1) is 5.92 Å². The standard InChI is InChI=1S/C30H33F3N4O5S/c1-5-42-28(39)24-15-35-29(36-26(24)30(31,32)33)37-16-21-13-20(9-12-23(21)25(17-37)18(3)4)27(38)34-14-19-7-10-22(11-8-19)43(40,41)6-2/h7-13,15,18,25H,5-6,14,16-17H2,1-4H3,(H,34,38)/t25-/m1/s1. The van der Waals surface area contributed by atoms with Crippen LogP contribution in [0.5, 0.6) is 0 Å². The molecule has 230 valence electrons. The van der Waals surface area contributed by atoms with Gasteiger partial charge in [-0.25, -0.2) is 23.2 Å². The number of alkyl halides is 3. The van der Waals surface area contributed by atoms with Gasteiger partial charge in [0.25, 0.3) is 5.91 Å². The fourth-order valence-electron chi connectivity index (χ4n) is 4.94. The number of hydrogen-bond donors (Lipinski definition) is 1. The van der Waals surface area contributed by atoms with Gasteiger partial charge in [-0.15, -0.1) is 0 Å². The molecule has 13 heteroatoms. The molecular formula is C30H33F3N4O5S. The Labute approximate surface area is 248 Å². The largest absolute Gasteiger partial charge is 0.462 e. The fourth-order valence-corrected chi connectivity index (χ4v) is 5.82. The normalized spacial score (nSPS) is 15.3. The predicted octanol–water partition coefficient (Wildman–Crippen LogP) is 5.16. The maximum absolute atomic E-state index is 13.9. The number of anilines is 1. The number of carbonyl (C=O) groups excluding carboxylic acids is 2. The number of esters is 1. The first-order valence-electron chi connectivity index (χ1n) is 13.8. The van der Waals surface area contributed by atoms with Gasteiger partial charge < -0.3 is 15.0 Å². The summed E-state index contributed by atoms with van der Waals surface area (Å²) in [7, 11) is -3.33. The molecule has 9 nitrogen and oxygen atoms in total. The third kappa shape index (κ3) is 7.15. The van der Waals surface area contributed by atoms with E-state index in [2.05, 4.69) is 15.3 Å². The molecule has 0 spiro atoms. The summed E-state index contributed by atoms with van der Waals surface area (Å²) < 4.78 is 70.5. The second-order valence-corrected chi connectivity index (χ2v) is 12.8. The molecule has 1 N–H and O–H groups in total. The van der Waals surface area contributed by atoms with E-state index in [1.807, 2.05) is 19.9 Å². The van der Waals surface area contributed by atoms with Crippen molar-refractivity contribution in [1.29, 1.82) is 0 Å². The summed E-state index contributed by atoms with van der Waals surface area (Å²) >= 11 is 0. The average Bonchev–Trinajstić information content (AvgIpc) is 2.98. The molecule has 0 aliphatic carbocycles. The number of amides is 1. The lowest BCUT2D eigenvalue weighted by molar-refractivity contribution is -0.141. The summed E-state index contributed by atoms with van der Waals surface area (Å²) in [6, 6.07) is 11.6. The zero-order chi connectivity index (χ0) is 31.5. The lowest BCUT2D eigenvalue weighted by Gasteiger charge is -2.37. The van der Waals surface area contributed by atoms with Crippen LogP contribution in [-0.2, 0) is 33.8 Å². The third-order valence-corrected chi connectivity index (χ3v) is 9.08.